The Morgan fingerprint density at radius 3 is 2.94 bits per heavy atom. The lowest BCUT2D eigenvalue weighted by Gasteiger charge is -2.57. The molecule has 2 heterocycles. The first-order valence-corrected chi connectivity index (χ1v) is 12.6. The lowest BCUT2D eigenvalue weighted by Crippen LogP contribution is -2.66. The fourth-order valence-electron chi connectivity index (χ4n) is 7.26. The van der Waals surface area contributed by atoms with Gasteiger partial charge in [0.05, 0.1) is 6.61 Å². The van der Waals surface area contributed by atoms with Crippen LogP contribution in [0, 0.1) is 5.92 Å². The number of carbonyl (C=O) groups is 1. The summed E-state index contributed by atoms with van der Waals surface area (Å²) < 4.78 is 12.6. The van der Waals surface area contributed by atoms with Crippen molar-refractivity contribution in [2.24, 2.45) is 5.92 Å². The number of phenols is 1. The van der Waals surface area contributed by atoms with E-state index in [0.717, 1.165) is 62.9 Å². The Morgan fingerprint density at radius 2 is 2.12 bits per heavy atom. The molecule has 2 aliphatic carbocycles. The van der Waals surface area contributed by atoms with Crippen LogP contribution in [0.4, 0.5) is 0 Å². The highest BCUT2D eigenvalue weighted by atomic mass is 16.5. The van der Waals surface area contributed by atoms with Crippen molar-refractivity contribution in [2.45, 2.75) is 69.4 Å². The molecule has 0 radical (unpaired) electrons. The van der Waals surface area contributed by atoms with Crippen LogP contribution in [0.2, 0.25) is 0 Å². The summed E-state index contributed by atoms with van der Waals surface area (Å²) >= 11 is 0. The second kappa shape index (κ2) is 8.05. The van der Waals surface area contributed by atoms with E-state index in [1.165, 1.54) is 11.1 Å². The average molecular weight is 448 g/mol. The van der Waals surface area contributed by atoms with Crippen LogP contribution in [-0.4, -0.2) is 47.6 Å². The van der Waals surface area contributed by atoms with Crippen molar-refractivity contribution >= 4 is 5.78 Å². The molecule has 1 spiro atoms. The lowest BCUT2D eigenvalue weighted by atomic mass is 9.51. The fourth-order valence-corrected chi connectivity index (χ4v) is 7.26. The molecule has 4 aliphatic rings. The minimum atomic E-state index is -0.448. The highest BCUT2D eigenvalue weighted by Gasteiger charge is 2.66. The molecule has 1 saturated carbocycles. The SMILES string of the molecule is CCCN1CC[C@]23c4c5c(OCCCc6ccccc6)cc(O)c4O[C@H]2C(=O)CC[C@H]3[C@H]1C5. The molecule has 1 saturated heterocycles. The minimum absolute atomic E-state index is 0.122. The molecule has 2 fully saturated rings. The number of phenolic OH excluding ortho intramolecular Hbond substituents is 1. The van der Waals surface area contributed by atoms with Gasteiger partial charge >= 0.3 is 0 Å². The molecular weight excluding hydrogens is 414 g/mol. The highest BCUT2D eigenvalue weighted by molar-refractivity contribution is 5.89. The molecule has 2 aliphatic heterocycles. The molecule has 5 heteroatoms. The maximum absolute atomic E-state index is 13.0. The molecule has 5 nitrogen and oxygen atoms in total. The zero-order valence-electron chi connectivity index (χ0n) is 19.4. The van der Waals surface area contributed by atoms with Gasteiger partial charge in [0.25, 0.3) is 0 Å². The molecule has 2 aromatic rings. The van der Waals surface area contributed by atoms with Gasteiger partial charge in [-0.3, -0.25) is 9.69 Å². The largest absolute Gasteiger partial charge is 0.504 e. The fraction of sp³-hybridized carbons (Fsp3) is 0.536. The van der Waals surface area contributed by atoms with Crippen molar-refractivity contribution in [3.05, 3.63) is 53.1 Å². The number of aryl methyl sites for hydroxylation is 1. The van der Waals surface area contributed by atoms with Gasteiger partial charge in [-0.15, -0.1) is 0 Å². The molecule has 0 unspecified atom stereocenters. The van der Waals surface area contributed by atoms with Gasteiger partial charge in [0.1, 0.15) is 5.75 Å². The Bertz CT molecular complexity index is 1070. The highest BCUT2D eigenvalue weighted by Crippen LogP contribution is 2.64. The van der Waals surface area contributed by atoms with E-state index in [9.17, 15) is 9.90 Å². The number of ether oxygens (including phenoxy) is 2. The molecule has 33 heavy (non-hydrogen) atoms. The summed E-state index contributed by atoms with van der Waals surface area (Å²) in [6, 6.07) is 12.6. The third-order valence-corrected chi connectivity index (χ3v) is 8.53. The molecular formula is C28H33NO4. The number of piperidine rings is 1. The lowest BCUT2D eigenvalue weighted by molar-refractivity contribution is -0.138. The van der Waals surface area contributed by atoms with E-state index >= 15 is 0 Å². The zero-order chi connectivity index (χ0) is 22.6. The molecule has 6 rings (SSSR count). The van der Waals surface area contributed by atoms with Crippen molar-refractivity contribution in [2.75, 3.05) is 19.7 Å². The summed E-state index contributed by atoms with van der Waals surface area (Å²) in [6.45, 7) is 4.92. The van der Waals surface area contributed by atoms with Crippen LogP contribution in [0.1, 0.15) is 55.7 Å². The number of Topliss-reactive ketones (excluding diaryl/α,β-unsaturated/α-hetero) is 1. The van der Waals surface area contributed by atoms with Gasteiger partial charge in [0, 0.05) is 35.1 Å². The van der Waals surface area contributed by atoms with Crippen LogP contribution < -0.4 is 9.47 Å². The predicted octanol–water partition coefficient (Wildman–Crippen LogP) is 4.42. The third-order valence-electron chi connectivity index (χ3n) is 8.53. The summed E-state index contributed by atoms with van der Waals surface area (Å²) in [5.41, 5.74) is 3.27. The van der Waals surface area contributed by atoms with Crippen LogP contribution in [0.15, 0.2) is 36.4 Å². The second-order valence-electron chi connectivity index (χ2n) is 10.2. The number of carbonyl (C=O) groups excluding carboxylic acids is 1. The summed E-state index contributed by atoms with van der Waals surface area (Å²) in [6.07, 6.45) is 5.89. The Labute approximate surface area is 195 Å². The third kappa shape index (κ3) is 3.12. The van der Waals surface area contributed by atoms with E-state index in [-0.39, 0.29) is 16.9 Å². The predicted molar refractivity (Wildman–Crippen MR) is 126 cm³/mol. The van der Waals surface area contributed by atoms with Gasteiger partial charge in [0.15, 0.2) is 23.4 Å². The van der Waals surface area contributed by atoms with E-state index in [1.54, 1.807) is 6.07 Å². The van der Waals surface area contributed by atoms with Crippen molar-refractivity contribution < 1.29 is 19.4 Å². The first-order chi connectivity index (χ1) is 16.1. The Morgan fingerprint density at radius 1 is 1.27 bits per heavy atom. The number of hydrogen-bond donors (Lipinski definition) is 1. The molecule has 2 aromatic carbocycles. The van der Waals surface area contributed by atoms with Gasteiger partial charge in [-0.1, -0.05) is 37.3 Å². The number of ketones is 1. The Balaban J connectivity index is 1.34. The van der Waals surface area contributed by atoms with Gasteiger partial charge in [-0.05, 0) is 63.1 Å². The smallest absolute Gasteiger partial charge is 0.174 e. The van der Waals surface area contributed by atoms with Crippen LogP contribution in [0.25, 0.3) is 0 Å². The van der Waals surface area contributed by atoms with E-state index < -0.39 is 6.10 Å². The van der Waals surface area contributed by atoms with Crippen LogP contribution in [-0.2, 0) is 23.1 Å². The van der Waals surface area contributed by atoms with Gasteiger partial charge in [0.2, 0.25) is 0 Å². The Kier molecular flexibility index (Phi) is 5.13. The van der Waals surface area contributed by atoms with E-state index in [1.807, 2.05) is 6.07 Å². The number of likely N-dealkylation sites (tertiary alicyclic amines) is 1. The molecule has 174 valence electrons. The number of nitrogens with zero attached hydrogens (tertiary/aromatic N) is 1. The van der Waals surface area contributed by atoms with E-state index in [2.05, 4.69) is 36.1 Å². The van der Waals surface area contributed by atoms with E-state index in [4.69, 9.17) is 9.47 Å². The van der Waals surface area contributed by atoms with E-state index in [0.29, 0.717) is 30.7 Å². The first kappa shape index (κ1) is 21.0. The standard InChI is InChI=1S/C28H33NO4/c1-2-13-29-14-12-28-20-10-11-22(30)27(28)33-26-23(31)17-24(19(25(26)28)16-21(20)29)32-15-6-9-18-7-4-3-5-8-18/h3-5,7-8,17,20-21,27,31H,2,6,9-16H2,1H3/t20-,21+,27-,28-/m0/s1. The number of rotatable bonds is 7. The molecule has 2 bridgehead atoms. The summed E-state index contributed by atoms with van der Waals surface area (Å²) in [7, 11) is 0. The molecule has 1 N–H and O–H groups in total. The molecule has 0 amide bonds. The van der Waals surface area contributed by atoms with Crippen LogP contribution in [0.5, 0.6) is 17.2 Å². The monoisotopic (exact) mass is 447 g/mol. The van der Waals surface area contributed by atoms with Gasteiger partial charge in [-0.25, -0.2) is 0 Å². The normalized spacial score (nSPS) is 29.5. The van der Waals surface area contributed by atoms with Crippen molar-refractivity contribution in [3.8, 4) is 17.2 Å². The Hall–Kier alpha value is -2.53. The van der Waals surface area contributed by atoms with Crippen LogP contribution >= 0.6 is 0 Å². The molecule has 4 atom stereocenters. The van der Waals surface area contributed by atoms with Gasteiger partial charge in [-0.2, -0.15) is 0 Å². The summed E-state index contributed by atoms with van der Waals surface area (Å²) in [5, 5.41) is 10.9. The summed E-state index contributed by atoms with van der Waals surface area (Å²) in [5.74, 6) is 2.05. The first-order valence-electron chi connectivity index (χ1n) is 12.6. The van der Waals surface area contributed by atoms with Gasteiger partial charge < -0.3 is 14.6 Å². The number of benzene rings is 2. The number of hydrogen-bond acceptors (Lipinski definition) is 5. The van der Waals surface area contributed by atoms with Crippen molar-refractivity contribution in [3.63, 3.8) is 0 Å². The zero-order valence-corrected chi connectivity index (χ0v) is 19.4. The minimum Gasteiger partial charge on any atom is -0.504 e. The number of aromatic hydroxyl groups is 1. The molecule has 0 aromatic heterocycles. The summed E-state index contributed by atoms with van der Waals surface area (Å²) in [4.78, 5) is 15.7. The van der Waals surface area contributed by atoms with Crippen molar-refractivity contribution in [1.29, 1.82) is 0 Å². The van der Waals surface area contributed by atoms with Crippen molar-refractivity contribution in [1.82, 2.24) is 4.90 Å². The second-order valence-corrected chi connectivity index (χ2v) is 10.2. The quantitative estimate of drug-likeness (QED) is 0.637. The maximum atomic E-state index is 13.0. The maximum Gasteiger partial charge on any atom is 0.174 e. The average Bonchev–Trinajstić information content (AvgIpc) is 3.18. The topological polar surface area (TPSA) is 59.0 Å². The van der Waals surface area contributed by atoms with Crippen LogP contribution in [0.3, 0.4) is 0 Å².